The average Bonchev–Trinajstić information content (AvgIpc) is 2.45. The van der Waals surface area contributed by atoms with Crippen molar-refractivity contribution in [3.63, 3.8) is 0 Å². The van der Waals surface area contributed by atoms with E-state index in [0.717, 1.165) is 12.8 Å². The highest BCUT2D eigenvalue weighted by atomic mass is 16.5. The number of esters is 1. The summed E-state index contributed by atoms with van der Waals surface area (Å²) in [4.78, 5) is 20.4. The molecular weight excluding hydrogens is 268 g/mol. The number of carbonyl (C=O) groups excluding carboxylic acids is 1. The van der Waals surface area contributed by atoms with Gasteiger partial charge in [0.1, 0.15) is 0 Å². The summed E-state index contributed by atoms with van der Waals surface area (Å²) in [6.45, 7) is 7.18. The predicted octanol–water partition coefficient (Wildman–Crippen LogP) is 4.73. The van der Waals surface area contributed by atoms with Gasteiger partial charge in [0.05, 0.1) is 7.11 Å². The lowest BCUT2D eigenvalue weighted by Crippen LogP contribution is -1.98. The minimum absolute atomic E-state index is 0.343. The SMILES string of the molecule is C=C(C)C(=O)OC.CCCCCCCCCCCC(=O)O. The number of methoxy groups -OCH3 is 1. The quantitative estimate of drug-likeness (QED) is 0.340. The molecule has 0 radical (unpaired) electrons. The first-order chi connectivity index (χ1) is 9.95. The topological polar surface area (TPSA) is 63.6 Å². The van der Waals surface area contributed by atoms with Gasteiger partial charge in [-0.25, -0.2) is 4.79 Å². The predicted molar refractivity (Wildman–Crippen MR) is 86.3 cm³/mol. The molecular formula is C17H32O4. The second-order valence-electron chi connectivity index (χ2n) is 5.24. The minimum Gasteiger partial charge on any atom is -0.481 e. The first-order valence-electron chi connectivity index (χ1n) is 7.91. The van der Waals surface area contributed by atoms with Gasteiger partial charge >= 0.3 is 11.9 Å². The number of carboxylic acids is 1. The molecule has 0 saturated heterocycles. The Balaban J connectivity index is 0. The van der Waals surface area contributed by atoms with Crippen LogP contribution in [0, 0.1) is 0 Å². The Morgan fingerprint density at radius 3 is 1.67 bits per heavy atom. The second kappa shape index (κ2) is 16.7. The molecule has 0 aliphatic heterocycles. The molecule has 0 aromatic heterocycles. The van der Waals surface area contributed by atoms with Crippen molar-refractivity contribution in [3.05, 3.63) is 12.2 Å². The van der Waals surface area contributed by atoms with Crippen molar-refractivity contribution < 1.29 is 19.4 Å². The highest BCUT2D eigenvalue weighted by Gasteiger charge is 1.96. The Bertz CT molecular complexity index is 285. The monoisotopic (exact) mass is 300 g/mol. The molecule has 4 nitrogen and oxygen atoms in total. The van der Waals surface area contributed by atoms with Crippen LogP contribution in [0.5, 0.6) is 0 Å². The van der Waals surface area contributed by atoms with E-state index < -0.39 is 5.97 Å². The van der Waals surface area contributed by atoms with E-state index in [-0.39, 0.29) is 5.97 Å². The second-order valence-corrected chi connectivity index (χ2v) is 5.24. The number of aliphatic carboxylic acids is 1. The molecule has 0 heterocycles. The summed E-state index contributed by atoms with van der Waals surface area (Å²) in [7, 11) is 1.33. The van der Waals surface area contributed by atoms with E-state index >= 15 is 0 Å². The zero-order chi connectivity index (χ0) is 16.5. The zero-order valence-electron chi connectivity index (χ0n) is 14.0. The fourth-order valence-electron chi connectivity index (χ4n) is 1.76. The van der Waals surface area contributed by atoms with Gasteiger partial charge in [-0.2, -0.15) is 0 Å². The molecule has 0 aromatic carbocycles. The fourth-order valence-corrected chi connectivity index (χ4v) is 1.76. The molecule has 0 bridgehead atoms. The van der Waals surface area contributed by atoms with Gasteiger partial charge in [-0.15, -0.1) is 0 Å². The molecule has 0 aliphatic rings. The first-order valence-corrected chi connectivity index (χ1v) is 7.91. The van der Waals surface area contributed by atoms with Crippen LogP contribution in [0.2, 0.25) is 0 Å². The van der Waals surface area contributed by atoms with Gasteiger partial charge in [-0.3, -0.25) is 4.79 Å². The number of rotatable bonds is 11. The molecule has 21 heavy (non-hydrogen) atoms. The van der Waals surface area contributed by atoms with E-state index in [1.807, 2.05) is 0 Å². The van der Waals surface area contributed by atoms with Gasteiger partial charge in [-0.05, 0) is 13.3 Å². The lowest BCUT2D eigenvalue weighted by atomic mass is 10.1. The molecule has 0 amide bonds. The molecule has 0 aromatic rings. The maximum Gasteiger partial charge on any atom is 0.332 e. The number of hydrogen-bond acceptors (Lipinski definition) is 3. The molecule has 124 valence electrons. The lowest BCUT2D eigenvalue weighted by molar-refractivity contribution is -0.137. The summed E-state index contributed by atoms with van der Waals surface area (Å²) in [5.74, 6) is -1.01. The largest absolute Gasteiger partial charge is 0.481 e. The number of carbonyl (C=O) groups is 2. The first kappa shape index (κ1) is 22.0. The van der Waals surface area contributed by atoms with Crippen molar-refractivity contribution in [2.24, 2.45) is 0 Å². The van der Waals surface area contributed by atoms with Crippen LogP contribution in [0.25, 0.3) is 0 Å². The van der Waals surface area contributed by atoms with Crippen molar-refractivity contribution in [2.45, 2.75) is 78.1 Å². The smallest absolute Gasteiger partial charge is 0.332 e. The summed E-state index contributed by atoms with van der Waals surface area (Å²) in [6.07, 6.45) is 11.5. The summed E-state index contributed by atoms with van der Waals surface area (Å²) in [5.41, 5.74) is 0.433. The number of hydrogen-bond donors (Lipinski definition) is 1. The Morgan fingerprint density at radius 2 is 1.38 bits per heavy atom. The van der Waals surface area contributed by atoms with Gasteiger partial charge in [0, 0.05) is 12.0 Å². The van der Waals surface area contributed by atoms with Crippen molar-refractivity contribution in [3.8, 4) is 0 Å². The maximum absolute atomic E-state index is 10.2. The van der Waals surface area contributed by atoms with Gasteiger partial charge in [-0.1, -0.05) is 64.9 Å². The van der Waals surface area contributed by atoms with Crippen LogP contribution < -0.4 is 0 Å². The maximum atomic E-state index is 10.2. The Morgan fingerprint density at radius 1 is 0.952 bits per heavy atom. The molecule has 0 saturated carbocycles. The van der Waals surface area contributed by atoms with Crippen LogP contribution in [0.3, 0.4) is 0 Å². The van der Waals surface area contributed by atoms with Gasteiger partial charge in [0.25, 0.3) is 0 Å². The van der Waals surface area contributed by atoms with E-state index in [2.05, 4.69) is 18.2 Å². The minimum atomic E-state index is -0.659. The number of carboxylic acid groups (broad SMARTS) is 1. The van der Waals surface area contributed by atoms with Crippen molar-refractivity contribution in [1.29, 1.82) is 0 Å². The lowest BCUT2D eigenvalue weighted by Gasteiger charge is -2.00. The van der Waals surface area contributed by atoms with Crippen molar-refractivity contribution in [2.75, 3.05) is 7.11 Å². The third kappa shape index (κ3) is 21.1. The molecule has 0 atom stereocenters. The van der Waals surface area contributed by atoms with E-state index in [0.29, 0.717) is 12.0 Å². The van der Waals surface area contributed by atoms with E-state index in [4.69, 9.17) is 5.11 Å². The summed E-state index contributed by atoms with van der Waals surface area (Å²) in [6, 6.07) is 0. The Kier molecular flexibility index (Phi) is 17.5. The molecule has 0 unspecified atom stereocenters. The summed E-state index contributed by atoms with van der Waals surface area (Å²) in [5, 5.41) is 8.41. The van der Waals surface area contributed by atoms with Crippen molar-refractivity contribution >= 4 is 11.9 Å². The van der Waals surface area contributed by atoms with Crippen molar-refractivity contribution in [1.82, 2.24) is 0 Å². The summed E-state index contributed by atoms with van der Waals surface area (Å²) < 4.78 is 4.27. The van der Waals surface area contributed by atoms with Crippen LogP contribution in [-0.2, 0) is 14.3 Å². The number of unbranched alkanes of at least 4 members (excludes halogenated alkanes) is 8. The third-order valence-corrected chi connectivity index (χ3v) is 3.03. The Hall–Kier alpha value is -1.32. The van der Waals surface area contributed by atoms with Crippen LogP contribution in [0.4, 0.5) is 0 Å². The normalized spacial score (nSPS) is 9.48. The van der Waals surface area contributed by atoms with Crippen LogP contribution in [0.15, 0.2) is 12.2 Å². The zero-order valence-corrected chi connectivity index (χ0v) is 14.0. The van der Waals surface area contributed by atoms with E-state index in [1.54, 1.807) is 6.92 Å². The van der Waals surface area contributed by atoms with Crippen LogP contribution in [-0.4, -0.2) is 24.2 Å². The highest BCUT2D eigenvalue weighted by molar-refractivity contribution is 5.86. The highest BCUT2D eigenvalue weighted by Crippen LogP contribution is 2.10. The third-order valence-electron chi connectivity index (χ3n) is 3.03. The van der Waals surface area contributed by atoms with Gasteiger partial charge < -0.3 is 9.84 Å². The standard InChI is InChI=1S/C12H24O2.C5H8O2/c1-2-3-4-5-6-7-8-9-10-11-12(13)14;1-4(2)5(6)7-3/h2-11H2,1H3,(H,13,14);1H2,2-3H3. The summed E-state index contributed by atoms with van der Waals surface area (Å²) >= 11 is 0. The van der Waals surface area contributed by atoms with Crippen LogP contribution in [0.1, 0.15) is 78.1 Å². The fraction of sp³-hybridized carbons (Fsp3) is 0.765. The molecule has 1 N–H and O–H groups in total. The molecule has 4 heteroatoms. The van der Waals surface area contributed by atoms with E-state index in [1.165, 1.54) is 52.1 Å². The van der Waals surface area contributed by atoms with Gasteiger partial charge in [0.2, 0.25) is 0 Å². The molecule has 0 rings (SSSR count). The molecule has 0 spiro atoms. The Labute approximate surface area is 129 Å². The van der Waals surface area contributed by atoms with E-state index in [9.17, 15) is 9.59 Å². The number of ether oxygens (including phenoxy) is 1. The molecule has 0 aliphatic carbocycles. The average molecular weight is 300 g/mol. The van der Waals surface area contributed by atoms with Gasteiger partial charge in [0.15, 0.2) is 0 Å². The van der Waals surface area contributed by atoms with Crippen LogP contribution >= 0.6 is 0 Å². The molecule has 0 fully saturated rings.